The van der Waals surface area contributed by atoms with Gasteiger partial charge in [0, 0.05) is 31.3 Å². The van der Waals surface area contributed by atoms with E-state index in [1.54, 1.807) is 22.5 Å². The summed E-state index contributed by atoms with van der Waals surface area (Å²) >= 11 is 0. The molecule has 1 aliphatic heterocycles. The summed E-state index contributed by atoms with van der Waals surface area (Å²) in [6.07, 6.45) is 2.90. The van der Waals surface area contributed by atoms with Crippen LogP contribution in [0.25, 0.3) is 5.65 Å². The van der Waals surface area contributed by atoms with E-state index in [4.69, 9.17) is 9.47 Å². The maximum absolute atomic E-state index is 12.2. The Labute approximate surface area is 164 Å². The lowest BCUT2D eigenvalue weighted by molar-refractivity contribution is 0.0203. The molecule has 2 aromatic rings. The van der Waals surface area contributed by atoms with Gasteiger partial charge in [0.15, 0.2) is 5.65 Å². The molecule has 0 bridgehead atoms. The molecule has 1 aliphatic rings. The maximum Gasteiger partial charge on any atom is 0.410 e. The van der Waals surface area contributed by atoms with Gasteiger partial charge in [-0.3, -0.25) is 0 Å². The van der Waals surface area contributed by atoms with Gasteiger partial charge in [0.25, 0.3) is 0 Å². The van der Waals surface area contributed by atoms with Crippen molar-refractivity contribution < 1.29 is 19.1 Å². The molecule has 1 amide bonds. The van der Waals surface area contributed by atoms with Crippen LogP contribution in [0.2, 0.25) is 0 Å². The zero-order valence-corrected chi connectivity index (χ0v) is 17.2. The molecule has 28 heavy (non-hydrogen) atoms. The molecular formula is C20H28N4O4. The Morgan fingerprint density at radius 2 is 1.93 bits per heavy atom. The van der Waals surface area contributed by atoms with E-state index in [9.17, 15) is 9.59 Å². The third kappa shape index (κ3) is 4.26. The third-order valence-corrected chi connectivity index (χ3v) is 4.80. The van der Waals surface area contributed by atoms with E-state index in [2.05, 4.69) is 10.1 Å². The van der Waals surface area contributed by atoms with Crippen molar-refractivity contribution in [1.82, 2.24) is 19.5 Å². The molecule has 0 atom stereocenters. The Morgan fingerprint density at radius 1 is 1.25 bits per heavy atom. The summed E-state index contributed by atoms with van der Waals surface area (Å²) in [5.41, 5.74) is 2.27. The normalized spacial score (nSPS) is 15.7. The molecule has 1 saturated heterocycles. The summed E-state index contributed by atoms with van der Waals surface area (Å²) < 4.78 is 12.2. The predicted octanol–water partition coefficient (Wildman–Crippen LogP) is 3.33. The zero-order valence-electron chi connectivity index (χ0n) is 17.2. The topological polar surface area (TPSA) is 86.0 Å². The molecule has 8 nitrogen and oxygen atoms in total. The fourth-order valence-corrected chi connectivity index (χ4v) is 3.36. The van der Waals surface area contributed by atoms with Crippen LogP contribution in [-0.4, -0.2) is 56.9 Å². The van der Waals surface area contributed by atoms with Crippen molar-refractivity contribution in [3.8, 4) is 0 Å². The number of carbonyl (C=O) groups is 2. The first-order chi connectivity index (χ1) is 13.2. The van der Waals surface area contributed by atoms with E-state index < -0.39 is 11.6 Å². The van der Waals surface area contributed by atoms with Gasteiger partial charge < -0.3 is 14.4 Å². The van der Waals surface area contributed by atoms with Crippen molar-refractivity contribution in [3.05, 3.63) is 29.2 Å². The average molecular weight is 388 g/mol. The highest BCUT2D eigenvalue weighted by Gasteiger charge is 2.29. The summed E-state index contributed by atoms with van der Waals surface area (Å²) in [6, 6.07) is 1.95. The molecule has 8 heteroatoms. The van der Waals surface area contributed by atoms with Crippen molar-refractivity contribution >= 4 is 17.7 Å². The first-order valence-corrected chi connectivity index (χ1v) is 9.70. The Hall–Kier alpha value is -2.64. The number of fused-ring (bicyclic) bond motifs is 1. The van der Waals surface area contributed by atoms with Gasteiger partial charge in [-0.25, -0.2) is 19.1 Å². The number of hydrogen-bond donors (Lipinski definition) is 0. The molecule has 0 aromatic carbocycles. The second-order valence-electron chi connectivity index (χ2n) is 8.06. The van der Waals surface area contributed by atoms with Crippen molar-refractivity contribution in [2.45, 2.75) is 59.0 Å². The van der Waals surface area contributed by atoms with Gasteiger partial charge in [-0.15, -0.1) is 0 Å². The number of aromatic nitrogens is 3. The Balaban J connectivity index is 1.72. The highest BCUT2D eigenvalue weighted by Crippen LogP contribution is 2.29. The monoisotopic (exact) mass is 388 g/mol. The highest BCUT2D eigenvalue weighted by molar-refractivity contribution is 5.90. The van der Waals surface area contributed by atoms with E-state index in [0.717, 1.165) is 18.5 Å². The van der Waals surface area contributed by atoms with Crippen LogP contribution >= 0.6 is 0 Å². The smallest absolute Gasteiger partial charge is 0.410 e. The second-order valence-corrected chi connectivity index (χ2v) is 8.06. The lowest BCUT2D eigenvalue weighted by Gasteiger charge is -2.32. The van der Waals surface area contributed by atoms with E-state index in [0.29, 0.717) is 36.6 Å². The number of likely N-dealkylation sites (tertiary alicyclic amines) is 1. The molecule has 0 radical (unpaired) electrons. The van der Waals surface area contributed by atoms with Gasteiger partial charge in [0.2, 0.25) is 0 Å². The summed E-state index contributed by atoms with van der Waals surface area (Å²) in [6.45, 7) is 10.8. The van der Waals surface area contributed by atoms with Gasteiger partial charge in [0.05, 0.1) is 23.6 Å². The number of amides is 1. The minimum absolute atomic E-state index is 0.242. The Bertz CT molecular complexity index is 876. The molecule has 3 heterocycles. The molecule has 0 saturated carbocycles. The largest absolute Gasteiger partial charge is 0.462 e. The lowest BCUT2D eigenvalue weighted by Crippen LogP contribution is -2.41. The third-order valence-electron chi connectivity index (χ3n) is 4.80. The van der Waals surface area contributed by atoms with Crippen LogP contribution in [0.5, 0.6) is 0 Å². The quantitative estimate of drug-likeness (QED) is 0.750. The molecule has 3 rings (SSSR count). The number of esters is 1. The number of piperidine rings is 1. The number of rotatable bonds is 3. The fraction of sp³-hybridized carbons (Fsp3) is 0.600. The van der Waals surface area contributed by atoms with E-state index >= 15 is 0 Å². The van der Waals surface area contributed by atoms with E-state index in [-0.39, 0.29) is 12.0 Å². The molecule has 0 N–H and O–H groups in total. The van der Waals surface area contributed by atoms with Crippen LogP contribution in [0.1, 0.15) is 68.2 Å². The summed E-state index contributed by atoms with van der Waals surface area (Å²) in [5, 5.41) is 4.68. The standard InChI is InChI=1S/C20H28N4O4/c1-6-27-18(25)15-12-21-17-11-16(22-24(17)13(15)2)14-7-9-23(10-8-14)19(26)28-20(3,4)5/h11-12,14H,6-10H2,1-5H3. The number of ether oxygens (including phenoxy) is 2. The van der Waals surface area contributed by atoms with Crippen molar-refractivity contribution in [2.24, 2.45) is 0 Å². The van der Waals surface area contributed by atoms with Crippen molar-refractivity contribution in [1.29, 1.82) is 0 Å². The minimum Gasteiger partial charge on any atom is -0.462 e. The highest BCUT2D eigenvalue weighted by atomic mass is 16.6. The maximum atomic E-state index is 12.2. The second kappa shape index (κ2) is 7.77. The predicted molar refractivity (Wildman–Crippen MR) is 103 cm³/mol. The van der Waals surface area contributed by atoms with Gasteiger partial charge >= 0.3 is 12.1 Å². The number of aryl methyl sites for hydroxylation is 1. The number of hydrogen-bond acceptors (Lipinski definition) is 6. The first kappa shape index (κ1) is 20.1. The number of nitrogens with zero attached hydrogens (tertiary/aromatic N) is 4. The van der Waals surface area contributed by atoms with Gasteiger partial charge in [-0.05, 0) is 47.5 Å². The van der Waals surface area contributed by atoms with Crippen LogP contribution in [0.3, 0.4) is 0 Å². The van der Waals surface area contributed by atoms with Gasteiger partial charge in [-0.2, -0.15) is 5.10 Å². The van der Waals surface area contributed by atoms with Crippen LogP contribution in [-0.2, 0) is 9.47 Å². The molecule has 1 fully saturated rings. The lowest BCUT2D eigenvalue weighted by atomic mass is 9.94. The van der Waals surface area contributed by atoms with Gasteiger partial charge in [-0.1, -0.05) is 0 Å². The van der Waals surface area contributed by atoms with Gasteiger partial charge in [0.1, 0.15) is 5.60 Å². The molecule has 0 spiro atoms. The van der Waals surface area contributed by atoms with Crippen LogP contribution in [0.15, 0.2) is 12.3 Å². The van der Waals surface area contributed by atoms with E-state index in [1.165, 1.54) is 0 Å². The molecule has 2 aromatic heterocycles. The van der Waals surface area contributed by atoms with Crippen LogP contribution in [0, 0.1) is 6.92 Å². The van der Waals surface area contributed by atoms with Crippen molar-refractivity contribution in [3.63, 3.8) is 0 Å². The Kier molecular flexibility index (Phi) is 5.58. The molecule has 152 valence electrons. The summed E-state index contributed by atoms with van der Waals surface area (Å²) in [7, 11) is 0. The first-order valence-electron chi connectivity index (χ1n) is 9.70. The van der Waals surface area contributed by atoms with Crippen LogP contribution in [0.4, 0.5) is 4.79 Å². The van der Waals surface area contributed by atoms with E-state index in [1.807, 2.05) is 33.8 Å². The summed E-state index contributed by atoms with van der Waals surface area (Å²) in [4.78, 5) is 30.4. The molecular weight excluding hydrogens is 360 g/mol. The summed E-state index contributed by atoms with van der Waals surface area (Å²) in [5.74, 6) is -0.150. The zero-order chi connectivity index (χ0) is 20.5. The molecule has 0 aliphatic carbocycles. The average Bonchev–Trinajstić information content (AvgIpc) is 3.06. The SMILES string of the molecule is CCOC(=O)c1cnc2cc(C3CCN(C(=O)OC(C)(C)C)CC3)nn2c1C. The Morgan fingerprint density at radius 3 is 2.54 bits per heavy atom. The minimum atomic E-state index is -0.491. The fourth-order valence-electron chi connectivity index (χ4n) is 3.36. The number of carbonyl (C=O) groups excluding carboxylic acids is 2. The van der Waals surface area contributed by atoms with Crippen LogP contribution < -0.4 is 0 Å². The van der Waals surface area contributed by atoms with Crippen molar-refractivity contribution in [2.75, 3.05) is 19.7 Å². The molecule has 0 unspecified atom stereocenters.